The fourth-order valence-corrected chi connectivity index (χ4v) is 1.93. The predicted octanol–water partition coefficient (Wildman–Crippen LogP) is 1.32. The van der Waals surface area contributed by atoms with E-state index in [1.54, 1.807) is 12.1 Å². The molecule has 18 heavy (non-hydrogen) atoms. The van der Waals surface area contributed by atoms with Gasteiger partial charge in [-0.3, -0.25) is 0 Å². The van der Waals surface area contributed by atoms with Crippen LogP contribution in [0.4, 0.5) is 4.39 Å². The van der Waals surface area contributed by atoms with Crippen LogP contribution in [0.2, 0.25) is 0 Å². The van der Waals surface area contributed by atoms with Gasteiger partial charge in [-0.15, -0.1) is 0 Å². The third-order valence-electron chi connectivity index (χ3n) is 2.99. The Balaban J connectivity index is 1.87. The summed E-state index contributed by atoms with van der Waals surface area (Å²) in [5.74, 6) is 0.545. The first-order valence-electron chi connectivity index (χ1n) is 5.67. The Morgan fingerprint density at radius 2 is 2.00 bits per heavy atom. The van der Waals surface area contributed by atoms with Crippen molar-refractivity contribution in [2.45, 2.75) is 12.0 Å². The van der Waals surface area contributed by atoms with Gasteiger partial charge < -0.3 is 15.0 Å². The Morgan fingerprint density at radius 3 is 2.67 bits per heavy atom. The zero-order valence-electron chi connectivity index (χ0n) is 9.54. The normalized spacial score (nSPS) is 23.4. The highest BCUT2D eigenvalue weighted by Crippen LogP contribution is 2.25. The third kappa shape index (κ3) is 2.00. The summed E-state index contributed by atoms with van der Waals surface area (Å²) >= 11 is 0. The second kappa shape index (κ2) is 4.47. The summed E-state index contributed by atoms with van der Waals surface area (Å²) in [4.78, 5) is 4.28. The molecule has 0 aliphatic carbocycles. The second-order valence-electron chi connectivity index (χ2n) is 4.27. The first-order chi connectivity index (χ1) is 8.74. The van der Waals surface area contributed by atoms with Crippen LogP contribution in [0, 0.1) is 5.82 Å². The average Bonchev–Trinajstić information content (AvgIpc) is 2.98. The van der Waals surface area contributed by atoms with Gasteiger partial charge in [0.1, 0.15) is 5.82 Å². The van der Waals surface area contributed by atoms with E-state index >= 15 is 0 Å². The highest BCUT2D eigenvalue weighted by molar-refractivity contribution is 5.53. The Bertz CT molecular complexity index is 541. The van der Waals surface area contributed by atoms with Crippen LogP contribution < -0.4 is 5.73 Å². The molecule has 0 saturated carbocycles. The number of hydrogen-bond acceptors (Lipinski definition) is 5. The van der Waals surface area contributed by atoms with Crippen molar-refractivity contribution in [2.24, 2.45) is 5.73 Å². The van der Waals surface area contributed by atoms with Gasteiger partial charge in [0.05, 0.1) is 19.1 Å². The van der Waals surface area contributed by atoms with E-state index < -0.39 is 0 Å². The molecule has 2 atom stereocenters. The predicted molar refractivity (Wildman–Crippen MR) is 61.2 cm³/mol. The van der Waals surface area contributed by atoms with Crippen LogP contribution in [0.3, 0.4) is 0 Å². The standard InChI is InChI=1S/C12H12FN3O2/c13-8-3-1-7(2-4-8)11-15-12(18-16-11)9-5-17-6-10(9)14/h1-4,9-10H,5-6,14H2. The molecule has 3 rings (SSSR count). The maximum absolute atomic E-state index is 12.8. The molecule has 6 heteroatoms. The van der Waals surface area contributed by atoms with Crippen LogP contribution in [0.25, 0.3) is 11.4 Å². The minimum Gasteiger partial charge on any atom is -0.379 e. The summed E-state index contributed by atoms with van der Waals surface area (Å²) in [6.45, 7) is 0.991. The lowest BCUT2D eigenvalue weighted by Crippen LogP contribution is -2.26. The van der Waals surface area contributed by atoms with E-state index in [0.29, 0.717) is 30.5 Å². The van der Waals surface area contributed by atoms with Crippen molar-refractivity contribution in [2.75, 3.05) is 13.2 Å². The average molecular weight is 249 g/mol. The summed E-state index contributed by atoms with van der Waals surface area (Å²) in [5, 5.41) is 3.88. The SMILES string of the molecule is NC1COCC1c1nc(-c2ccc(F)cc2)no1. The first-order valence-corrected chi connectivity index (χ1v) is 5.67. The molecule has 2 N–H and O–H groups in total. The summed E-state index contributed by atoms with van der Waals surface area (Å²) in [7, 11) is 0. The monoisotopic (exact) mass is 249 g/mol. The third-order valence-corrected chi connectivity index (χ3v) is 2.99. The summed E-state index contributed by atoms with van der Waals surface area (Å²) in [6, 6.07) is 5.81. The Morgan fingerprint density at radius 1 is 1.22 bits per heavy atom. The van der Waals surface area contributed by atoms with Crippen molar-refractivity contribution in [1.29, 1.82) is 0 Å². The molecule has 2 heterocycles. The highest BCUT2D eigenvalue weighted by atomic mass is 19.1. The maximum Gasteiger partial charge on any atom is 0.234 e. The highest BCUT2D eigenvalue weighted by Gasteiger charge is 2.31. The lowest BCUT2D eigenvalue weighted by Gasteiger charge is -2.06. The van der Waals surface area contributed by atoms with Crippen LogP contribution >= 0.6 is 0 Å². The Hall–Kier alpha value is -1.79. The molecule has 1 aliphatic heterocycles. The van der Waals surface area contributed by atoms with Crippen molar-refractivity contribution in [3.05, 3.63) is 36.0 Å². The van der Waals surface area contributed by atoms with E-state index in [1.807, 2.05) is 0 Å². The van der Waals surface area contributed by atoms with E-state index in [1.165, 1.54) is 12.1 Å². The molecular formula is C12H12FN3O2. The molecule has 0 bridgehead atoms. The van der Waals surface area contributed by atoms with E-state index in [2.05, 4.69) is 10.1 Å². The molecule has 94 valence electrons. The molecule has 0 spiro atoms. The van der Waals surface area contributed by atoms with Crippen molar-refractivity contribution in [3.8, 4) is 11.4 Å². The second-order valence-corrected chi connectivity index (χ2v) is 4.27. The zero-order chi connectivity index (χ0) is 12.5. The van der Waals surface area contributed by atoms with Crippen molar-refractivity contribution in [1.82, 2.24) is 10.1 Å². The van der Waals surface area contributed by atoms with Crippen molar-refractivity contribution < 1.29 is 13.7 Å². The van der Waals surface area contributed by atoms with Gasteiger partial charge in [0.2, 0.25) is 11.7 Å². The topological polar surface area (TPSA) is 74.2 Å². The summed E-state index contributed by atoms with van der Waals surface area (Å²) in [6.07, 6.45) is 0. The zero-order valence-corrected chi connectivity index (χ0v) is 9.54. The number of benzene rings is 1. The minimum atomic E-state index is -0.298. The summed E-state index contributed by atoms with van der Waals surface area (Å²) < 4.78 is 23.2. The van der Waals surface area contributed by atoms with Crippen LogP contribution in [0.1, 0.15) is 11.8 Å². The molecule has 2 aromatic rings. The molecule has 1 saturated heterocycles. The number of hydrogen-bond donors (Lipinski definition) is 1. The number of halogens is 1. The van der Waals surface area contributed by atoms with Crippen molar-refractivity contribution in [3.63, 3.8) is 0 Å². The lowest BCUT2D eigenvalue weighted by atomic mass is 10.1. The molecule has 0 amide bonds. The Labute approximate surface area is 103 Å². The van der Waals surface area contributed by atoms with Crippen LogP contribution in [0.15, 0.2) is 28.8 Å². The maximum atomic E-state index is 12.8. The van der Waals surface area contributed by atoms with Gasteiger partial charge >= 0.3 is 0 Å². The fraction of sp³-hybridized carbons (Fsp3) is 0.333. The molecule has 1 fully saturated rings. The molecule has 1 aliphatic rings. The molecule has 1 aromatic heterocycles. The largest absolute Gasteiger partial charge is 0.379 e. The van der Waals surface area contributed by atoms with Crippen LogP contribution in [0.5, 0.6) is 0 Å². The molecule has 2 unspecified atom stereocenters. The lowest BCUT2D eigenvalue weighted by molar-refractivity contribution is 0.187. The van der Waals surface area contributed by atoms with E-state index in [9.17, 15) is 4.39 Å². The van der Waals surface area contributed by atoms with E-state index in [-0.39, 0.29) is 17.8 Å². The molecule has 1 aromatic carbocycles. The van der Waals surface area contributed by atoms with Gasteiger partial charge in [-0.05, 0) is 24.3 Å². The van der Waals surface area contributed by atoms with Crippen molar-refractivity contribution >= 4 is 0 Å². The van der Waals surface area contributed by atoms with Crippen LogP contribution in [-0.4, -0.2) is 29.4 Å². The van der Waals surface area contributed by atoms with Crippen LogP contribution in [-0.2, 0) is 4.74 Å². The first kappa shape index (κ1) is 11.3. The molecule has 5 nitrogen and oxygen atoms in total. The molecular weight excluding hydrogens is 237 g/mol. The number of nitrogens with zero attached hydrogens (tertiary/aromatic N) is 2. The Kier molecular flexibility index (Phi) is 2.81. The number of nitrogens with two attached hydrogens (primary N) is 1. The minimum absolute atomic E-state index is 0.0632. The number of rotatable bonds is 2. The fourth-order valence-electron chi connectivity index (χ4n) is 1.93. The van der Waals surface area contributed by atoms with E-state index in [0.717, 1.165) is 0 Å². The quantitative estimate of drug-likeness (QED) is 0.868. The number of ether oxygens (including phenoxy) is 1. The van der Waals surface area contributed by atoms with Gasteiger partial charge in [0, 0.05) is 11.6 Å². The number of aromatic nitrogens is 2. The van der Waals surface area contributed by atoms with Gasteiger partial charge in [-0.25, -0.2) is 4.39 Å². The smallest absolute Gasteiger partial charge is 0.234 e. The van der Waals surface area contributed by atoms with Gasteiger partial charge in [0.15, 0.2) is 0 Å². The molecule has 0 radical (unpaired) electrons. The van der Waals surface area contributed by atoms with E-state index in [4.69, 9.17) is 15.0 Å². The van der Waals surface area contributed by atoms with Gasteiger partial charge in [-0.1, -0.05) is 5.16 Å². The summed E-state index contributed by atoms with van der Waals surface area (Å²) in [5.41, 5.74) is 6.58. The van der Waals surface area contributed by atoms with Gasteiger partial charge in [0.25, 0.3) is 0 Å². The van der Waals surface area contributed by atoms with Gasteiger partial charge in [-0.2, -0.15) is 4.98 Å².